The normalized spacial score (nSPS) is 14.5. The van der Waals surface area contributed by atoms with Gasteiger partial charge in [-0.05, 0) is 18.2 Å². The summed E-state index contributed by atoms with van der Waals surface area (Å²) in [4.78, 5) is 11.1. The Kier molecular flexibility index (Phi) is 1.58. The van der Waals surface area contributed by atoms with Crippen molar-refractivity contribution in [3.63, 3.8) is 0 Å². The fourth-order valence-corrected chi connectivity index (χ4v) is 1.10. The molecular formula is C8H8BrNO. The number of amides is 1. The van der Waals surface area contributed by atoms with E-state index in [2.05, 4.69) is 21.2 Å². The second kappa shape index (κ2) is 3.53. The number of anilines is 1. The maximum Gasteiger partial charge on any atom is 0.221 e. The molecule has 1 rings (SSSR count). The minimum absolute atomic E-state index is 0.459. The highest BCUT2D eigenvalue weighted by Gasteiger charge is 1.93. The molecule has 2 nitrogen and oxygen atoms in total. The molecule has 0 bridgehead atoms. The molecule has 0 unspecified atom stereocenters. The standard InChI is InChI=1S/C8H8BrNO/c1-6(11)10-8-4-2-3-7(9)5-8/h2-5H,1H3,(H,10,11)/i1D3. The average molecular weight is 217 g/mol. The fraction of sp³-hybridized carbons (Fsp3) is 0.125. The molecule has 0 aliphatic rings. The third-order valence-corrected chi connectivity index (χ3v) is 1.58. The minimum atomic E-state index is -2.61. The lowest BCUT2D eigenvalue weighted by Crippen LogP contribution is -2.05. The summed E-state index contributed by atoms with van der Waals surface area (Å²) in [5.74, 6) is -0.976. The number of carbonyl (C=O) groups excluding carboxylic acids is 1. The van der Waals surface area contributed by atoms with Crippen LogP contribution in [0.5, 0.6) is 0 Å². The van der Waals surface area contributed by atoms with Crippen LogP contribution in [0.3, 0.4) is 0 Å². The maximum absolute atomic E-state index is 11.1. The van der Waals surface area contributed by atoms with E-state index in [4.69, 9.17) is 4.11 Å². The van der Waals surface area contributed by atoms with Gasteiger partial charge in [-0.2, -0.15) is 0 Å². The van der Waals surface area contributed by atoms with Crippen LogP contribution in [0.2, 0.25) is 0 Å². The van der Waals surface area contributed by atoms with Gasteiger partial charge in [-0.3, -0.25) is 4.79 Å². The Labute approximate surface area is 78.0 Å². The molecule has 1 amide bonds. The fourth-order valence-electron chi connectivity index (χ4n) is 0.697. The lowest BCUT2D eigenvalue weighted by molar-refractivity contribution is -0.114. The highest BCUT2D eigenvalue weighted by atomic mass is 79.9. The largest absolute Gasteiger partial charge is 0.326 e. The molecule has 0 aliphatic heterocycles. The highest BCUT2D eigenvalue weighted by Crippen LogP contribution is 2.15. The molecule has 3 heteroatoms. The summed E-state index contributed by atoms with van der Waals surface area (Å²) in [5, 5.41) is 2.29. The summed E-state index contributed by atoms with van der Waals surface area (Å²) in [5.41, 5.74) is 0.459. The zero-order valence-electron chi connectivity index (χ0n) is 8.60. The van der Waals surface area contributed by atoms with Gasteiger partial charge in [0, 0.05) is 21.1 Å². The number of halogens is 1. The first-order chi connectivity index (χ1) is 6.39. The van der Waals surface area contributed by atoms with Crippen molar-refractivity contribution in [2.75, 3.05) is 5.32 Å². The number of nitrogens with one attached hydrogen (secondary N) is 1. The Morgan fingerprint density at radius 1 is 1.73 bits per heavy atom. The third kappa shape index (κ3) is 2.72. The second-order valence-corrected chi connectivity index (χ2v) is 2.88. The van der Waals surface area contributed by atoms with Crippen LogP contribution in [0.1, 0.15) is 11.0 Å². The third-order valence-electron chi connectivity index (χ3n) is 1.08. The summed E-state index contributed by atoms with van der Waals surface area (Å²) in [6.45, 7) is -2.61. The van der Waals surface area contributed by atoms with Gasteiger partial charge < -0.3 is 5.32 Å². The lowest BCUT2D eigenvalue weighted by atomic mass is 10.3. The zero-order valence-corrected chi connectivity index (χ0v) is 7.18. The summed E-state index contributed by atoms with van der Waals surface area (Å²) >= 11 is 3.21. The molecule has 11 heavy (non-hydrogen) atoms. The number of hydrogen-bond donors (Lipinski definition) is 1. The molecule has 0 saturated carbocycles. The van der Waals surface area contributed by atoms with E-state index in [0.29, 0.717) is 5.69 Å². The summed E-state index contributed by atoms with van der Waals surface area (Å²) in [6, 6.07) is 6.74. The molecule has 0 heterocycles. The van der Waals surface area contributed by atoms with Crippen LogP contribution < -0.4 is 5.32 Å². The van der Waals surface area contributed by atoms with Crippen LogP contribution in [0.25, 0.3) is 0 Å². The van der Waals surface area contributed by atoms with Crippen molar-refractivity contribution in [1.82, 2.24) is 0 Å². The van der Waals surface area contributed by atoms with Crippen LogP contribution in [0, 0.1) is 0 Å². The van der Waals surface area contributed by atoms with Crippen molar-refractivity contribution >= 4 is 27.5 Å². The van der Waals surface area contributed by atoms with Gasteiger partial charge in [-0.1, -0.05) is 22.0 Å². The van der Waals surface area contributed by atoms with Gasteiger partial charge >= 0.3 is 0 Å². The summed E-state index contributed by atoms with van der Waals surface area (Å²) in [6.07, 6.45) is 0. The van der Waals surface area contributed by atoms with Crippen molar-refractivity contribution in [3.8, 4) is 0 Å². The predicted molar refractivity (Wildman–Crippen MR) is 48.4 cm³/mol. The van der Waals surface area contributed by atoms with Gasteiger partial charge in [0.15, 0.2) is 0 Å². The van der Waals surface area contributed by atoms with E-state index in [1.165, 1.54) is 0 Å². The van der Waals surface area contributed by atoms with Crippen LogP contribution in [-0.2, 0) is 4.79 Å². The lowest BCUT2D eigenvalue weighted by Gasteiger charge is -2.00. The Morgan fingerprint density at radius 2 is 2.55 bits per heavy atom. The van der Waals surface area contributed by atoms with E-state index >= 15 is 0 Å². The molecule has 1 aromatic carbocycles. The first-order valence-electron chi connectivity index (χ1n) is 4.46. The number of benzene rings is 1. The first-order valence-corrected chi connectivity index (χ1v) is 3.76. The monoisotopic (exact) mass is 216 g/mol. The molecule has 0 saturated heterocycles. The summed E-state index contributed by atoms with van der Waals surface area (Å²) < 4.78 is 21.3. The zero-order chi connectivity index (χ0) is 10.8. The molecule has 0 fully saturated rings. The van der Waals surface area contributed by atoms with E-state index in [0.717, 1.165) is 4.47 Å². The van der Waals surface area contributed by atoms with Gasteiger partial charge in [-0.15, -0.1) is 0 Å². The van der Waals surface area contributed by atoms with E-state index in [1.807, 2.05) is 0 Å². The molecule has 0 radical (unpaired) electrons. The van der Waals surface area contributed by atoms with E-state index in [1.54, 1.807) is 24.3 Å². The van der Waals surface area contributed by atoms with Gasteiger partial charge in [-0.25, -0.2) is 0 Å². The highest BCUT2D eigenvalue weighted by molar-refractivity contribution is 9.10. The number of rotatable bonds is 1. The molecule has 0 aliphatic carbocycles. The molecule has 1 N–H and O–H groups in total. The topological polar surface area (TPSA) is 29.1 Å². The van der Waals surface area contributed by atoms with Gasteiger partial charge in [0.1, 0.15) is 0 Å². The quantitative estimate of drug-likeness (QED) is 0.768. The Balaban J connectivity index is 2.75. The minimum Gasteiger partial charge on any atom is -0.326 e. The van der Waals surface area contributed by atoms with E-state index < -0.39 is 12.8 Å². The Hall–Kier alpha value is -0.830. The van der Waals surface area contributed by atoms with Gasteiger partial charge in [0.25, 0.3) is 0 Å². The van der Waals surface area contributed by atoms with Gasteiger partial charge in [0.2, 0.25) is 5.91 Å². The Bertz CT molecular complexity index is 351. The molecule has 0 aromatic heterocycles. The molecule has 0 spiro atoms. The molecule has 0 atom stereocenters. The number of hydrogen-bond acceptors (Lipinski definition) is 1. The smallest absolute Gasteiger partial charge is 0.221 e. The Morgan fingerprint density at radius 3 is 3.18 bits per heavy atom. The van der Waals surface area contributed by atoms with E-state index in [9.17, 15) is 4.79 Å². The maximum atomic E-state index is 11.1. The molecular weight excluding hydrogens is 206 g/mol. The average Bonchev–Trinajstić information content (AvgIpc) is 2.02. The molecule has 58 valence electrons. The SMILES string of the molecule is [2H]C([2H])([2H])C(=O)Nc1cccc(Br)c1. The summed E-state index contributed by atoms with van der Waals surface area (Å²) in [7, 11) is 0. The first kappa shape index (κ1) is 4.93. The molecule has 1 aromatic rings. The van der Waals surface area contributed by atoms with Crippen molar-refractivity contribution in [3.05, 3.63) is 28.7 Å². The van der Waals surface area contributed by atoms with Crippen molar-refractivity contribution in [2.24, 2.45) is 0 Å². The van der Waals surface area contributed by atoms with Gasteiger partial charge in [0.05, 0.1) is 0 Å². The van der Waals surface area contributed by atoms with E-state index in [-0.39, 0.29) is 0 Å². The van der Waals surface area contributed by atoms with Crippen LogP contribution in [0.15, 0.2) is 28.7 Å². The number of carbonyl (C=O) groups is 1. The van der Waals surface area contributed by atoms with Crippen LogP contribution >= 0.6 is 15.9 Å². The van der Waals surface area contributed by atoms with Crippen molar-refractivity contribution < 1.29 is 8.91 Å². The van der Waals surface area contributed by atoms with Crippen LogP contribution in [-0.4, -0.2) is 5.91 Å². The predicted octanol–water partition coefficient (Wildman–Crippen LogP) is 2.41. The second-order valence-electron chi connectivity index (χ2n) is 1.96. The van der Waals surface area contributed by atoms with Crippen molar-refractivity contribution in [2.45, 2.75) is 6.85 Å². The van der Waals surface area contributed by atoms with Crippen LogP contribution in [0.4, 0.5) is 5.69 Å². The van der Waals surface area contributed by atoms with Crippen molar-refractivity contribution in [1.29, 1.82) is 0 Å².